The van der Waals surface area contributed by atoms with Gasteiger partial charge >= 0.3 is 0 Å². The average Bonchev–Trinajstić information content (AvgIpc) is 2.09. The van der Waals surface area contributed by atoms with Crippen molar-refractivity contribution >= 4 is 33.2 Å². The van der Waals surface area contributed by atoms with Crippen LogP contribution < -0.4 is 9.88 Å². The first-order chi connectivity index (χ1) is 6.86. The van der Waals surface area contributed by atoms with E-state index in [9.17, 15) is 8.42 Å². The minimum absolute atomic E-state index is 0.00894. The van der Waals surface area contributed by atoms with Crippen LogP contribution in [0.15, 0.2) is 17.0 Å². The molecule has 0 heterocycles. The second kappa shape index (κ2) is 4.57. The fraction of sp³-hybridized carbons (Fsp3) is 0.250. The van der Waals surface area contributed by atoms with Crippen molar-refractivity contribution in [3.05, 3.63) is 22.2 Å². The van der Waals surface area contributed by atoms with Crippen LogP contribution in [0.5, 0.6) is 5.75 Å². The lowest BCUT2D eigenvalue weighted by molar-refractivity contribution is 0.340. The van der Waals surface area contributed by atoms with Crippen LogP contribution in [0.1, 0.15) is 6.92 Å². The van der Waals surface area contributed by atoms with Gasteiger partial charge in [-0.15, -0.1) is 0 Å². The van der Waals surface area contributed by atoms with Crippen LogP contribution in [0.2, 0.25) is 10.0 Å². The van der Waals surface area contributed by atoms with Gasteiger partial charge in [-0.1, -0.05) is 23.2 Å². The fourth-order valence-electron chi connectivity index (χ4n) is 0.994. The van der Waals surface area contributed by atoms with Crippen molar-refractivity contribution in [1.29, 1.82) is 0 Å². The minimum Gasteiger partial charge on any atom is -0.492 e. The molecule has 0 saturated carbocycles. The summed E-state index contributed by atoms with van der Waals surface area (Å²) < 4.78 is 27.3. The lowest BCUT2D eigenvalue weighted by atomic mass is 10.3. The summed E-state index contributed by atoms with van der Waals surface area (Å²) in [5.74, 6) is 0.330. The monoisotopic (exact) mass is 269 g/mol. The number of hydrogen-bond donors (Lipinski definition) is 1. The van der Waals surface area contributed by atoms with E-state index >= 15 is 0 Å². The highest BCUT2D eigenvalue weighted by Crippen LogP contribution is 2.32. The van der Waals surface area contributed by atoms with Gasteiger partial charge in [0.25, 0.3) is 0 Å². The zero-order valence-electron chi connectivity index (χ0n) is 7.83. The van der Waals surface area contributed by atoms with E-state index < -0.39 is 10.0 Å². The van der Waals surface area contributed by atoms with Gasteiger partial charge in [-0.25, -0.2) is 13.6 Å². The molecule has 0 fully saturated rings. The zero-order chi connectivity index (χ0) is 11.6. The Kier molecular flexibility index (Phi) is 3.83. The standard InChI is InChI=1S/C8H9Cl2NO3S/c1-2-14-7-3-6(10)8(4-5(7)9)15(11,12)13/h3-4H,2H2,1H3,(H2,11,12,13). The highest BCUT2D eigenvalue weighted by molar-refractivity contribution is 7.89. The van der Waals surface area contributed by atoms with Crippen molar-refractivity contribution in [2.24, 2.45) is 5.14 Å². The van der Waals surface area contributed by atoms with Gasteiger partial charge in [-0.05, 0) is 13.0 Å². The summed E-state index contributed by atoms with van der Waals surface area (Å²) in [4.78, 5) is -0.211. The number of ether oxygens (including phenoxy) is 1. The van der Waals surface area contributed by atoms with E-state index in [1.165, 1.54) is 12.1 Å². The predicted octanol–water partition coefficient (Wildman–Crippen LogP) is 2.04. The largest absolute Gasteiger partial charge is 0.492 e. The van der Waals surface area contributed by atoms with E-state index in [4.69, 9.17) is 33.1 Å². The highest BCUT2D eigenvalue weighted by atomic mass is 35.5. The molecule has 0 atom stereocenters. The summed E-state index contributed by atoms with van der Waals surface area (Å²) >= 11 is 11.5. The van der Waals surface area contributed by atoms with Crippen LogP contribution in [0.25, 0.3) is 0 Å². The minimum atomic E-state index is -3.86. The first kappa shape index (κ1) is 12.6. The van der Waals surface area contributed by atoms with Crippen molar-refractivity contribution < 1.29 is 13.2 Å². The molecule has 0 saturated heterocycles. The quantitative estimate of drug-likeness (QED) is 0.913. The van der Waals surface area contributed by atoms with Crippen LogP contribution in [-0.2, 0) is 10.0 Å². The Balaban J connectivity index is 3.32. The molecule has 1 aromatic carbocycles. The lowest BCUT2D eigenvalue weighted by Crippen LogP contribution is -2.12. The van der Waals surface area contributed by atoms with Gasteiger partial charge < -0.3 is 4.74 Å². The Bertz CT molecular complexity index is 473. The third-order valence-electron chi connectivity index (χ3n) is 1.59. The number of hydrogen-bond acceptors (Lipinski definition) is 3. The topological polar surface area (TPSA) is 69.4 Å². The SMILES string of the molecule is CCOc1cc(Cl)c(S(N)(=O)=O)cc1Cl. The van der Waals surface area contributed by atoms with E-state index in [-0.39, 0.29) is 14.9 Å². The number of nitrogens with two attached hydrogens (primary N) is 1. The normalized spacial score (nSPS) is 11.5. The second-order valence-corrected chi connectivity index (χ2v) is 5.04. The smallest absolute Gasteiger partial charge is 0.239 e. The Morgan fingerprint density at radius 1 is 1.33 bits per heavy atom. The van der Waals surface area contributed by atoms with Crippen LogP contribution in [0, 0.1) is 0 Å². The summed E-state index contributed by atoms with van der Waals surface area (Å²) in [6.07, 6.45) is 0. The molecular formula is C8H9Cl2NO3S. The summed E-state index contributed by atoms with van der Waals surface area (Å²) in [5, 5.41) is 5.09. The van der Waals surface area contributed by atoms with Crippen molar-refractivity contribution in [2.75, 3.05) is 6.61 Å². The number of sulfonamides is 1. The number of rotatable bonds is 3. The van der Waals surface area contributed by atoms with Gasteiger partial charge in [-0.2, -0.15) is 0 Å². The van der Waals surface area contributed by atoms with Gasteiger partial charge in [0.15, 0.2) is 0 Å². The molecule has 0 radical (unpaired) electrons. The number of halogens is 2. The van der Waals surface area contributed by atoms with Crippen molar-refractivity contribution in [3.8, 4) is 5.75 Å². The van der Waals surface area contributed by atoms with Crippen molar-refractivity contribution in [3.63, 3.8) is 0 Å². The lowest BCUT2D eigenvalue weighted by Gasteiger charge is -2.08. The van der Waals surface area contributed by atoms with Gasteiger partial charge in [0.1, 0.15) is 10.6 Å². The highest BCUT2D eigenvalue weighted by Gasteiger charge is 2.16. The predicted molar refractivity (Wildman–Crippen MR) is 59.0 cm³/mol. The molecule has 0 aliphatic heterocycles. The molecule has 2 N–H and O–H groups in total. The van der Waals surface area contributed by atoms with Gasteiger partial charge in [0, 0.05) is 6.07 Å². The molecule has 0 aliphatic rings. The van der Waals surface area contributed by atoms with Gasteiger partial charge in [-0.3, -0.25) is 0 Å². The Labute approximate surface area is 98.0 Å². The molecule has 0 unspecified atom stereocenters. The van der Waals surface area contributed by atoms with Crippen LogP contribution in [0.3, 0.4) is 0 Å². The third kappa shape index (κ3) is 2.98. The Morgan fingerprint density at radius 2 is 1.93 bits per heavy atom. The summed E-state index contributed by atoms with van der Waals surface area (Å²) in [5.41, 5.74) is 0. The second-order valence-electron chi connectivity index (χ2n) is 2.69. The molecule has 15 heavy (non-hydrogen) atoms. The van der Waals surface area contributed by atoms with E-state index in [2.05, 4.69) is 0 Å². The van der Waals surface area contributed by atoms with Crippen molar-refractivity contribution in [1.82, 2.24) is 0 Å². The molecule has 7 heteroatoms. The number of primary sulfonamides is 1. The van der Waals surface area contributed by atoms with Crippen molar-refractivity contribution in [2.45, 2.75) is 11.8 Å². The third-order valence-corrected chi connectivity index (χ3v) is 3.26. The Hall–Kier alpha value is -0.490. The van der Waals surface area contributed by atoms with Crippen LogP contribution in [0.4, 0.5) is 0 Å². The molecular weight excluding hydrogens is 261 g/mol. The van der Waals surface area contributed by atoms with Gasteiger partial charge in [0.05, 0.1) is 16.7 Å². The van der Waals surface area contributed by atoms with E-state index in [0.717, 1.165) is 0 Å². The van der Waals surface area contributed by atoms with E-state index in [1.807, 2.05) is 0 Å². The fourth-order valence-corrected chi connectivity index (χ4v) is 2.37. The first-order valence-electron chi connectivity index (χ1n) is 4.01. The average molecular weight is 270 g/mol. The maximum Gasteiger partial charge on any atom is 0.239 e. The molecule has 1 aromatic rings. The zero-order valence-corrected chi connectivity index (χ0v) is 10.2. The first-order valence-corrected chi connectivity index (χ1v) is 6.31. The molecule has 0 spiro atoms. The summed E-state index contributed by atoms with van der Waals surface area (Å²) in [7, 11) is -3.86. The maximum atomic E-state index is 11.1. The molecule has 1 rings (SSSR count). The molecule has 84 valence electrons. The molecule has 0 amide bonds. The maximum absolute atomic E-state index is 11.1. The molecule has 0 aliphatic carbocycles. The van der Waals surface area contributed by atoms with Crippen LogP contribution >= 0.6 is 23.2 Å². The number of benzene rings is 1. The summed E-state index contributed by atoms with van der Waals surface area (Å²) in [6, 6.07) is 2.50. The molecule has 0 aromatic heterocycles. The van der Waals surface area contributed by atoms with E-state index in [0.29, 0.717) is 12.4 Å². The molecule has 0 bridgehead atoms. The summed E-state index contributed by atoms with van der Waals surface area (Å²) in [6.45, 7) is 2.18. The molecule has 4 nitrogen and oxygen atoms in total. The van der Waals surface area contributed by atoms with Crippen LogP contribution in [-0.4, -0.2) is 15.0 Å². The van der Waals surface area contributed by atoms with Gasteiger partial charge in [0.2, 0.25) is 10.0 Å². The Morgan fingerprint density at radius 3 is 2.40 bits per heavy atom. The van der Waals surface area contributed by atoms with E-state index in [1.54, 1.807) is 6.92 Å².